The Bertz CT molecular complexity index is 986. The molecule has 0 amide bonds. The van der Waals surface area contributed by atoms with Crippen LogP contribution in [-0.2, 0) is 26.1 Å². The number of rotatable bonds is 5. The first kappa shape index (κ1) is 18.8. The van der Waals surface area contributed by atoms with Crippen LogP contribution >= 0.6 is 0 Å². The number of carboxylic acid groups (broad SMARTS) is 1. The minimum absolute atomic E-state index is 0.0441. The normalized spacial score (nSPS) is 19.3. The van der Waals surface area contributed by atoms with Gasteiger partial charge in [0.25, 0.3) is 0 Å². The van der Waals surface area contributed by atoms with Crippen molar-refractivity contribution >= 4 is 21.6 Å². The zero-order chi connectivity index (χ0) is 19.7. The molecule has 148 valence electrons. The molecule has 1 fully saturated rings. The van der Waals surface area contributed by atoms with E-state index < -0.39 is 15.8 Å². The lowest BCUT2D eigenvalue weighted by Gasteiger charge is -2.31. The number of nitrogens with zero attached hydrogens (tertiary/aromatic N) is 3. The van der Waals surface area contributed by atoms with Crippen molar-refractivity contribution in [2.24, 2.45) is 0 Å². The van der Waals surface area contributed by atoms with Gasteiger partial charge >= 0.3 is 5.97 Å². The summed E-state index contributed by atoms with van der Waals surface area (Å²) in [5, 5.41) is 12.3. The average molecular weight is 402 g/mol. The molecule has 3 heterocycles. The van der Waals surface area contributed by atoms with Gasteiger partial charge < -0.3 is 10.4 Å². The standard InChI is InChI=1S/C19H22N4O4S/c24-17(25)10-23-8-6-14(7-9-23)20-19-15-11-28(26,27)12-16(15)21-18(22-19)13-4-2-1-3-5-13/h1-5,14H,6-12H2,(H,24,25)(H,20,21,22). The highest BCUT2D eigenvalue weighted by molar-refractivity contribution is 7.90. The van der Waals surface area contributed by atoms with Crippen molar-refractivity contribution in [1.29, 1.82) is 0 Å². The first-order chi connectivity index (χ1) is 13.4. The van der Waals surface area contributed by atoms with Crippen LogP contribution in [0.4, 0.5) is 5.82 Å². The highest BCUT2D eigenvalue weighted by atomic mass is 32.2. The van der Waals surface area contributed by atoms with Crippen molar-refractivity contribution in [2.45, 2.75) is 30.4 Å². The van der Waals surface area contributed by atoms with Crippen molar-refractivity contribution in [3.05, 3.63) is 41.6 Å². The number of carboxylic acids is 1. The predicted molar refractivity (Wildman–Crippen MR) is 105 cm³/mol. The van der Waals surface area contributed by atoms with Gasteiger partial charge in [0, 0.05) is 30.3 Å². The molecule has 9 heteroatoms. The van der Waals surface area contributed by atoms with E-state index in [0.717, 1.165) is 18.4 Å². The summed E-state index contributed by atoms with van der Waals surface area (Å²) >= 11 is 0. The number of fused-ring (bicyclic) bond motifs is 1. The molecular formula is C19H22N4O4S. The molecule has 1 aromatic carbocycles. The topological polar surface area (TPSA) is 112 Å². The molecule has 2 aromatic rings. The number of benzene rings is 1. The number of piperidine rings is 1. The van der Waals surface area contributed by atoms with Gasteiger partial charge in [-0.15, -0.1) is 0 Å². The minimum Gasteiger partial charge on any atom is -0.480 e. The van der Waals surface area contributed by atoms with E-state index in [2.05, 4.69) is 15.3 Å². The number of aliphatic carboxylic acids is 1. The smallest absolute Gasteiger partial charge is 0.317 e. The lowest BCUT2D eigenvalue weighted by molar-refractivity contribution is -0.138. The summed E-state index contributed by atoms with van der Waals surface area (Å²) in [6.07, 6.45) is 1.55. The van der Waals surface area contributed by atoms with E-state index in [9.17, 15) is 13.2 Å². The Hall–Kier alpha value is -2.52. The van der Waals surface area contributed by atoms with Gasteiger partial charge in [0.2, 0.25) is 0 Å². The molecular weight excluding hydrogens is 380 g/mol. The first-order valence-electron chi connectivity index (χ1n) is 9.26. The first-order valence-corrected chi connectivity index (χ1v) is 11.1. The fourth-order valence-corrected chi connectivity index (χ4v) is 5.24. The molecule has 0 atom stereocenters. The molecule has 28 heavy (non-hydrogen) atoms. The third-order valence-electron chi connectivity index (χ3n) is 5.13. The van der Waals surface area contributed by atoms with Crippen molar-refractivity contribution in [3.8, 4) is 11.4 Å². The van der Waals surface area contributed by atoms with Crippen LogP contribution in [0.25, 0.3) is 11.4 Å². The summed E-state index contributed by atoms with van der Waals surface area (Å²) in [7, 11) is -3.21. The number of anilines is 1. The van der Waals surface area contributed by atoms with Crippen LogP contribution in [0.5, 0.6) is 0 Å². The highest BCUT2D eigenvalue weighted by Gasteiger charge is 2.31. The van der Waals surface area contributed by atoms with E-state index in [1.165, 1.54) is 0 Å². The van der Waals surface area contributed by atoms with Gasteiger partial charge in [-0.2, -0.15) is 0 Å². The Balaban J connectivity index is 1.58. The Morgan fingerprint density at radius 1 is 1.14 bits per heavy atom. The predicted octanol–water partition coefficient (Wildman–Crippen LogP) is 1.53. The maximum Gasteiger partial charge on any atom is 0.317 e. The fraction of sp³-hybridized carbons (Fsp3) is 0.421. The summed E-state index contributed by atoms with van der Waals surface area (Å²) in [6.45, 7) is 1.41. The van der Waals surface area contributed by atoms with Crippen LogP contribution in [0.1, 0.15) is 24.1 Å². The molecule has 0 saturated carbocycles. The summed E-state index contributed by atoms with van der Waals surface area (Å²) < 4.78 is 24.3. The molecule has 4 rings (SSSR count). The molecule has 2 aliphatic rings. The number of nitrogens with one attached hydrogen (secondary N) is 1. The van der Waals surface area contributed by atoms with E-state index in [0.29, 0.717) is 36.0 Å². The van der Waals surface area contributed by atoms with E-state index >= 15 is 0 Å². The van der Waals surface area contributed by atoms with Crippen molar-refractivity contribution in [2.75, 3.05) is 25.0 Å². The van der Waals surface area contributed by atoms with Crippen LogP contribution < -0.4 is 5.32 Å². The molecule has 0 spiro atoms. The molecule has 2 aliphatic heterocycles. The third kappa shape index (κ3) is 4.15. The number of sulfone groups is 1. The number of carbonyl (C=O) groups is 1. The van der Waals surface area contributed by atoms with Gasteiger partial charge in [0.1, 0.15) is 5.82 Å². The number of aromatic nitrogens is 2. The summed E-state index contributed by atoms with van der Waals surface area (Å²) in [4.78, 5) is 21.9. The van der Waals surface area contributed by atoms with Crippen LogP contribution in [0.3, 0.4) is 0 Å². The number of hydrogen-bond acceptors (Lipinski definition) is 7. The Labute approximate surface area is 163 Å². The summed E-state index contributed by atoms with van der Waals surface area (Å²) in [5.74, 6) is 0.176. The lowest BCUT2D eigenvalue weighted by atomic mass is 10.0. The molecule has 0 bridgehead atoms. The quantitative estimate of drug-likeness (QED) is 0.774. The van der Waals surface area contributed by atoms with Crippen LogP contribution in [0, 0.1) is 0 Å². The summed E-state index contributed by atoms with van der Waals surface area (Å²) in [6, 6.07) is 9.63. The van der Waals surface area contributed by atoms with Crippen LogP contribution in [0.15, 0.2) is 30.3 Å². The van der Waals surface area contributed by atoms with Gasteiger partial charge in [0.05, 0.1) is 23.7 Å². The SMILES string of the molecule is O=C(O)CN1CCC(Nc2nc(-c3ccccc3)nc3c2CS(=O)(=O)C3)CC1. The van der Waals surface area contributed by atoms with E-state index in [-0.39, 0.29) is 24.1 Å². The highest BCUT2D eigenvalue weighted by Crippen LogP contribution is 2.32. The van der Waals surface area contributed by atoms with Crippen LogP contribution in [-0.4, -0.2) is 60.0 Å². The minimum atomic E-state index is -3.21. The number of hydrogen-bond donors (Lipinski definition) is 2. The van der Waals surface area contributed by atoms with Crippen molar-refractivity contribution in [3.63, 3.8) is 0 Å². The van der Waals surface area contributed by atoms with Gasteiger partial charge in [-0.05, 0) is 12.8 Å². The van der Waals surface area contributed by atoms with Gasteiger partial charge in [-0.1, -0.05) is 30.3 Å². The zero-order valence-corrected chi connectivity index (χ0v) is 16.2. The van der Waals surface area contributed by atoms with Gasteiger partial charge in [0.15, 0.2) is 15.7 Å². The lowest BCUT2D eigenvalue weighted by Crippen LogP contribution is -2.41. The average Bonchev–Trinajstić information content (AvgIpc) is 2.98. The Morgan fingerprint density at radius 2 is 1.86 bits per heavy atom. The van der Waals surface area contributed by atoms with E-state index in [4.69, 9.17) is 5.11 Å². The fourth-order valence-electron chi connectivity index (χ4n) is 3.74. The third-order valence-corrected chi connectivity index (χ3v) is 6.57. The molecule has 1 saturated heterocycles. The zero-order valence-electron chi connectivity index (χ0n) is 15.3. The molecule has 8 nitrogen and oxygen atoms in total. The Kier molecular flexibility index (Phi) is 5.03. The van der Waals surface area contributed by atoms with E-state index in [1.807, 2.05) is 35.2 Å². The van der Waals surface area contributed by atoms with Gasteiger partial charge in [-0.3, -0.25) is 9.69 Å². The summed E-state index contributed by atoms with van der Waals surface area (Å²) in [5.41, 5.74) is 2.07. The maximum absolute atomic E-state index is 12.2. The molecule has 0 unspecified atom stereocenters. The molecule has 1 aromatic heterocycles. The Morgan fingerprint density at radius 3 is 2.54 bits per heavy atom. The molecule has 0 aliphatic carbocycles. The molecule has 2 N–H and O–H groups in total. The molecule has 0 radical (unpaired) electrons. The number of likely N-dealkylation sites (tertiary alicyclic amines) is 1. The second-order valence-corrected chi connectivity index (χ2v) is 9.37. The van der Waals surface area contributed by atoms with Gasteiger partial charge in [-0.25, -0.2) is 18.4 Å². The maximum atomic E-state index is 12.2. The van der Waals surface area contributed by atoms with Crippen molar-refractivity contribution < 1.29 is 18.3 Å². The van der Waals surface area contributed by atoms with E-state index in [1.54, 1.807) is 0 Å². The monoisotopic (exact) mass is 402 g/mol. The second-order valence-electron chi connectivity index (χ2n) is 7.31. The van der Waals surface area contributed by atoms with Crippen molar-refractivity contribution in [1.82, 2.24) is 14.9 Å². The second kappa shape index (κ2) is 7.48. The largest absolute Gasteiger partial charge is 0.480 e. The van der Waals surface area contributed by atoms with Crippen LogP contribution in [0.2, 0.25) is 0 Å².